The molecule has 0 saturated carbocycles. The lowest BCUT2D eigenvalue weighted by molar-refractivity contribution is -0.139. The molecule has 1 heterocycles. The minimum absolute atomic E-state index is 0.0278. The Hall–Kier alpha value is -1.93. The fraction of sp³-hybridized carbons (Fsp3) is 0.364. The van der Waals surface area contributed by atoms with Gasteiger partial charge in [-0.2, -0.15) is 8.42 Å². The van der Waals surface area contributed by atoms with Crippen molar-refractivity contribution in [3.63, 3.8) is 0 Å². The lowest BCUT2D eigenvalue weighted by Gasteiger charge is -2.11. The van der Waals surface area contributed by atoms with Gasteiger partial charge < -0.3 is 20.0 Å². The molecule has 5 N–H and O–H groups in total. The third-order valence-corrected chi connectivity index (χ3v) is 3.69. The molecule has 1 atom stereocenters. The van der Waals surface area contributed by atoms with Gasteiger partial charge in [0.05, 0.1) is 12.3 Å². The van der Waals surface area contributed by atoms with Gasteiger partial charge in [-0.1, -0.05) is 0 Å². The van der Waals surface area contributed by atoms with Gasteiger partial charge in [-0.05, 0) is 6.92 Å². The molecule has 0 aliphatic rings. The molecule has 0 fully saturated rings. The average molecular weight is 414 g/mol. The first kappa shape index (κ1) is 22.1. The van der Waals surface area contributed by atoms with Crippen LogP contribution in [0.5, 0.6) is 5.75 Å². The zero-order valence-electron chi connectivity index (χ0n) is 13.1. The van der Waals surface area contributed by atoms with Gasteiger partial charge in [0.1, 0.15) is 12.4 Å². The highest BCUT2D eigenvalue weighted by Gasteiger charge is 2.21. The number of rotatable bonds is 9. The van der Waals surface area contributed by atoms with Crippen LogP contribution in [0, 0.1) is 6.92 Å². The van der Waals surface area contributed by atoms with Gasteiger partial charge in [-0.15, -0.1) is 0 Å². The Morgan fingerprint density at radius 3 is 2.58 bits per heavy atom. The summed E-state index contributed by atoms with van der Waals surface area (Å²) in [6.45, 7) is -0.300. The fourth-order valence-corrected chi connectivity index (χ4v) is 2.17. The van der Waals surface area contributed by atoms with Crippen molar-refractivity contribution >= 4 is 30.4 Å². The number of aliphatic imine (C=N–C) groups is 1. The van der Waals surface area contributed by atoms with Crippen LogP contribution in [0.3, 0.4) is 0 Å². The van der Waals surface area contributed by atoms with Crippen molar-refractivity contribution in [3.05, 3.63) is 23.0 Å². The Morgan fingerprint density at radius 1 is 1.46 bits per heavy atom. The largest absolute Gasteiger partial charge is 0.505 e. The van der Waals surface area contributed by atoms with E-state index in [0.717, 1.165) is 12.4 Å². The minimum Gasteiger partial charge on any atom is -0.505 e. The van der Waals surface area contributed by atoms with Crippen molar-refractivity contribution in [2.75, 3.05) is 6.61 Å². The van der Waals surface area contributed by atoms with Crippen LogP contribution >= 0.6 is 7.82 Å². The molecule has 0 radical (unpaired) electrons. The quantitative estimate of drug-likeness (QED) is 0.194. The van der Waals surface area contributed by atoms with Crippen LogP contribution in [0.2, 0.25) is 0 Å². The standard InChI is InChI=1S/C11H15N2O11PS/c1-6-10(14)8(7(2-12-6)4-23-25(17,18)19)3-13-9(11(15)16)5-24-26(20,21)22/h2-3,9,14H,4-5H2,1H3,(H,15,16)(H2,17,18,19)(H,20,21,22)/t9-/m0/s1. The van der Waals surface area contributed by atoms with E-state index in [1.807, 2.05) is 0 Å². The molecule has 0 unspecified atom stereocenters. The van der Waals surface area contributed by atoms with Crippen LogP contribution in [0.1, 0.15) is 16.8 Å². The van der Waals surface area contributed by atoms with E-state index in [0.29, 0.717) is 0 Å². The topological polar surface area (TPSA) is 213 Å². The highest BCUT2D eigenvalue weighted by atomic mass is 32.3. The van der Waals surface area contributed by atoms with E-state index in [4.69, 9.17) is 19.4 Å². The number of hydrogen-bond acceptors (Lipinski definition) is 9. The van der Waals surface area contributed by atoms with Crippen molar-refractivity contribution in [2.45, 2.75) is 19.6 Å². The first-order valence-electron chi connectivity index (χ1n) is 6.55. The van der Waals surface area contributed by atoms with E-state index < -0.39 is 49.2 Å². The zero-order chi connectivity index (χ0) is 20.1. The summed E-state index contributed by atoms with van der Waals surface area (Å²) in [6, 6.07) is -1.76. The molecule has 15 heteroatoms. The van der Waals surface area contributed by atoms with Gasteiger partial charge in [0, 0.05) is 23.5 Å². The number of hydrogen-bond donors (Lipinski definition) is 5. The lowest BCUT2D eigenvalue weighted by atomic mass is 10.1. The Bertz CT molecular complexity index is 848. The number of phosphoric ester groups is 1. The summed E-state index contributed by atoms with van der Waals surface area (Å²) < 4.78 is 48.5. The first-order chi connectivity index (χ1) is 11.8. The maximum absolute atomic E-state index is 11.1. The monoisotopic (exact) mass is 414 g/mol. The molecule has 26 heavy (non-hydrogen) atoms. The van der Waals surface area contributed by atoms with Gasteiger partial charge in [0.2, 0.25) is 0 Å². The second-order valence-corrected chi connectivity index (χ2v) is 7.07. The summed E-state index contributed by atoms with van der Waals surface area (Å²) >= 11 is 0. The minimum atomic E-state index is -4.89. The summed E-state index contributed by atoms with van der Waals surface area (Å²) in [7, 11) is -9.71. The van der Waals surface area contributed by atoms with E-state index in [-0.39, 0.29) is 16.8 Å². The van der Waals surface area contributed by atoms with Crippen molar-refractivity contribution in [2.24, 2.45) is 4.99 Å². The Morgan fingerprint density at radius 2 is 2.08 bits per heavy atom. The summed E-state index contributed by atoms with van der Waals surface area (Å²) in [5, 5.41) is 19.0. The lowest BCUT2D eigenvalue weighted by Crippen LogP contribution is -2.26. The maximum atomic E-state index is 11.1. The van der Waals surface area contributed by atoms with Gasteiger partial charge in [0.15, 0.2) is 6.04 Å². The van der Waals surface area contributed by atoms with E-state index >= 15 is 0 Å². The van der Waals surface area contributed by atoms with E-state index in [2.05, 4.69) is 18.7 Å². The van der Waals surface area contributed by atoms with E-state index in [1.165, 1.54) is 6.92 Å². The number of aliphatic carboxylic acids is 1. The predicted molar refractivity (Wildman–Crippen MR) is 84.0 cm³/mol. The number of carboxylic acids is 1. The van der Waals surface area contributed by atoms with E-state index in [1.54, 1.807) is 0 Å². The maximum Gasteiger partial charge on any atom is 0.469 e. The third kappa shape index (κ3) is 7.53. The van der Waals surface area contributed by atoms with Crippen molar-refractivity contribution in [1.29, 1.82) is 0 Å². The molecule has 1 rings (SSSR count). The Kier molecular flexibility index (Phi) is 7.35. The molecule has 0 amide bonds. The molecular weight excluding hydrogens is 399 g/mol. The number of aromatic hydroxyl groups is 1. The molecule has 13 nitrogen and oxygen atoms in total. The summed E-state index contributed by atoms with van der Waals surface area (Å²) in [4.78, 5) is 35.8. The number of carboxylic acid groups (broad SMARTS) is 1. The highest BCUT2D eigenvalue weighted by molar-refractivity contribution is 7.80. The third-order valence-electron chi connectivity index (χ3n) is 2.79. The van der Waals surface area contributed by atoms with Crippen molar-refractivity contribution in [1.82, 2.24) is 4.98 Å². The molecule has 0 aromatic carbocycles. The normalized spacial score (nSPS) is 13.8. The van der Waals surface area contributed by atoms with Crippen LogP contribution in [-0.4, -0.2) is 62.8 Å². The Balaban J connectivity index is 3.14. The summed E-state index contributed by atoms with van der Waals surface area (Å²) in [5.41, 5.74) is -0.0727. The molecule has 0 aliphatic carbocycles. The van der Waals surface area contributed by atoms with Gasteiger partial charge in [-0.3, -0.25) is 19.1 Å². The second-order valence-electron chi connectivity index (χ2n) is 4.74. The predicted octanol–water partition coefficient (Wildman–Crippen LogP) is -0.604. The molecule has 0 aliphatic heterocycles. The number of nitrogens with zero attached hydrogens (tertiary/aromatic N) is 2. The first-order valence-corrected chi connectivity index (χ1v) is 9.45. The van der Waals surface area contributed by atoms with E-state index in [9.17, 15) is 22.9 Å². The van der Waals surface area contributed by atoms with Crippen LogP contribution < -0.4 is 0 Å². The van der Waals surface area contributed by atoms with Crippen LogP contribution in [0.4, 0.5) is 0 Å². The van der Waals surface area contributed by atoms with Crippen LogP contribution in [-0.2, 0) is 35.1 Å². The molecule has 0 spiro atoms. The molecular formula is C11H15N2O11PS. The number of carbonyl (C=O) groups is 1. The summed E-state index contributed by atoms with van der Waals surface area (Å²) in [5.74, 6) is -2.05. The fourth-order valence-electron chi connectivity index (χ4n) is 1.56. The van der Waals surface area contributed by atoms with Gasteiger partial charge in [-0.25, -0.2) is 13.5 Å². The molecule has 146 valence electrons. The number of pyridine rings is 1. The highest BCUT2D eigenvalue weighted by Crippen LogP contribution is 2.37. The van der Waals surface area contributed by atoms with Gasteiger partial charge in [0.25, 0.3) is 0 Å². The van der Waals surface area contributed by atoms with Gasteiger partial charge >= 0.3 is 24.2 Å². The number of aromatic nitrogens is 1. The molecule has 0 bridgehead atoms. The number of phosphoric acid groups is 1. The van der Waals surface area contributed by atoms with Crippen LogP contribution in [0.25, 0.3) is 0 Å². The molecule has 0 saturated heterocycles. The SMILES string of the molecule is Cc1ncc(COP(=O)(O)O)c(C=N[C@@H](COS(=O)(=O)O)C(=O)O)c1O. The average Bonchev–Trinajstić information content (AvgIpc) is 2.47. The number of aryl methyl sites for hydroxylation is 1. The second kappa shape index (κ2) is 8.64. The molecule has 1 aromatic rings. The molecule has 1 aromatic heterocycles. The smallest absolute Gasteiger partial charge is 0.469 e. The Labute approximate surface area is 147 Å². The van der Waals surface area contributed by atoms with Crippen LogP contribution in [0.15, 0.2) is 11.2 Å². The summed E-state index contributed by atoms with van der Waals surface area (Å²) in [6.07, 6.45) is 1.95. The zero-order valence-corrected chi connectivity index (χ0v) is 14.8. The van der Waals surface area contributed by atoms with Crippen molar-refractivity contribution < 1.29 is 51.0 Å². The van der Waals surface area contributed by atoms with Crippen molar-refractivity contribution in [3.8, 4) is 5.75 Å².